The van der Waals surface area contributed by atoms with Gasteiger partial charge in [-0.15, -0.1) is 11.5 Å². The van der Waals surface area contributed by atoms with Gasteiger partial charge in [-0.3, -0.25) is 0 Å². The van der Waals surface area contributed by atoms with Crippen LogP contribution in [0.4, 0.5) is 17.1 Å². The fraction of sp³-hybridized carbons (Fsp3) is 0.146. The van der Waals surface area contributed by atoms with Crippen LogP contribution in [-0.4, -0.2) is 30.3 Å². The number of fused-ring (bicyclic) bond motifs is 4. The Morgan fingerprint density at radius 3 is 2.21 bits per heavy atom. The van der Waals surface area contributed by atoms with Crippen LogP contribution in [0.2, 0.25) is 13.1 Å². The van der Waals surface area contributed by atoms with E-state index in [4.69, 9.17) is 4.98 Å². The fourth-order valence-corrected chi connectivity index (χ4v) is 9.03. The third kappa shape index (κ3) is 5.32. The Kier molecular flexibility index (Phi) is 8.15. The molecule has 5 aromatic carbocycles. The van der Waals surface area contributed by atoms with Crippen LogP contribution < -0.4 is 20.2 Å². The summed E-state index contributed by atoms with van der Waals surface area (Å²) in [5, 5.41) is 4.93. The van der Waals surface area contributed by atoms with Crippen LogP contribution in [-0.2, 0) is 21.1 Å². The second-order valence-electron chi connectivity index (χ2n) is 13.0. The van der Waals surface area contributed by atoms with Gasteiger partial charge in [0.2, 0.25) is 0 Å². The average Bonchev–Trinajstić information content (AvgIpc) is 3.65. The fourth-order valence-electron chi connectivity index (χ4n) is 6.86. The van der Waals surface area contributed by atoms with Crippen LogP contribution in [0.3, 0.4) is 0 Å². The van der Waals surface area contributed by atoms with Gasteiger partial charge in [-0.2, -0.15) is 46.8 Å². The van der Waals surface area contributed by atoms with Gasteiger partial charge in [0, 0.05) is 17.8 Å². The smallest absolute Gasteiger partial charge is 0.349 e. The van der Waals surface area contributed by atoms with Crippen molar-refractivity contribution in [3.8, 4) is 16.9 Å². The maximum Gasteiger partial charge on any atom is 2.00 e. The number of pyridine rings is 1. The molecule has 7 aromatic rings. The zero-order chi connectivity index (χ0) is 31.4. The Morgan fingerprint density at radius 2 is 1.40 bits per heavy atom. The number of rotatable bonds is 6. The molecule has 2 aromatic heterocycles. The van der Waals surface area contributed by atoms with Crippen molar-refractivity contribution in [2.24, 2.45) is 0 Å². The van der Waals surface area contributed by atoms with Gasteiger partial charge in [0.05, 0.1) is 26.1 Å². The van der Waals surface area contributed by atoms with Crippen LogP contribution in [0, 0.1) is 12.1 Å². The van der Waals surface area contributed by atoms with E-state index in [2.05, 4.69) is 175 Å². The van der Waals surface area contributed by atoms with E-state index < -0.39 is 8.07 Å². The van der Waals surface area contributed by atoms with E-state index >= 15 is 0 Å². The average molecular weight is 808 g/mol. The topological polar surface area (TPSA) is 24.3 Å². The Hall–Kier alpha value is -4.44. The summed E-state index contributed by atoms with van der Waals surface area (Å²) in [6, 6.07) is 51.6. The van der Waals surface area contributed by atoms with Crippen molar-refractivity contribution in [2.75, 3.05) is 16.5 Å². The summed E-state index contributed by atoms with van der Waals surface area (Å²) in [6.45, 7) is 10.2. The van der Waals surface area contributed by atoms with E-state index in [1.807, 2.05) is 6.20 Å². The first-order chi connectivity index (χ1) is 22.4. The van der Waals surface area contributed by atoms with Crippen LogP contribution in [0.25, 0.3) is 38.8 Å². The first kappa shape index (κ1) is 31.2. The maximum atomic E-state index is 4.89. The molecule has 0 saturated heterocycles. The summed E-state index contributed by atoms with van der Waals surface area (Å²) in [4.78, 5) is 9.75. The van der Waals surface area contributed by atoms with Crippen molar-refractivity contribution in [1.82, 2.24) is 9.55 Å². The zero-order valence-electron chi connectivity index (χ0n) is 27.0. The van der Waals surface area contributed by atoms with Crippen LogP contribution >= 0.6 is 0 Å². The quantitative estimate of drug-likeness (QED) is 0.124. The summed E-state index contributed by atoms with van der Waals surface area (Å²) in [7, 11) is -2.21. The van der Waals surface area contributed by atoms with Crippen molar-refractivity contribution in [3.63, 3.8) is 0 Å². The Balaban J connectivity index is 0.00000351. The molecule has 0 fully saturated rings. The standard InChI is InChI=1S/C41H36N4Si.Pt/c1-29(2)43-28-44(39-20-11-10-19-38(39)43)32-15-12-16-33(26-32)46(3,4)34-21-22-36-35-17-8-9-18-37(35)45(40(36)27-34)41-25-31(23-24-42-41)30-13-6-5-7-14-30;/h5-25,29H,28H2,1-4H3;/q-2;+2. The first-order valence-corrected chi connectivity index (χ1v) is 19.0. The minimum absolute atomic E-state index is 0. The van der Waals surface area contributed by atoms with Gasteiger partial charge >= 0.3 is 21.1 Å². The minimum Gasteiger partial charge on any atom is -0.349 e. The molecule has 47 heavy (non-hydrogen) atoms. The number of aromatic nitrogens is 2. The van der Waals surface area contributed by atoms with Gasteiger partial charge in [-0.1, -0.05) is 85.0 Å². The molecule has 234 valence electrons. The Bertz CT molecular complexity index is 2220. The Labute approximate surface area is 292 Å². The second kappa shape index (κ2) is 12.3. The summed E-state index contributed by atoms with van der Waals surface area (Å²) < 4.78 is 2.28. The summed E-state index contributed by atoms with van der Waals surface area (Å²) >= 11 is 0. The number of anilines is 3. The van der Waals surface area contributed by atoms with Gasteiger partial charge in [-0.25, -0.2) is 4.98 Å². The number of para-hydroxylation sites is 3. The maximum absolute atomic E-state index is 4.89. The molecule has 0 radical (unpaired) electrons. The predicted molar refractivity (Wildman–Crippen MR) is 196 cm³/mol. The largest absolute Gasteiger partial charge is 2.00 e. The number of benzene rings is 5. The molecular weight excluding hydrogens is 772 g/mol. The van der Waals surface area contributed by atoms with Gasteiger partial charge in [0.1, 0.15) is 5.82 Å². The van der Waals surface area contributed by atoms with Crippen molar-refractivity contribution >= 4 is 57.3 Å². The SMILES string of the molecule is CC(C)N1CN(c2[c-]c([Si](C)(C)c3[c-]c4c(cc3)c3ccccc3n4-c3cc(-c4ccccc4)ccn3)ccc2)c2ccccc21.[Pt+2]. The molecule has 6 heteroatoms. The molecule has 0 spiro atoms. The first-order valence-electron chi connectivity index (χ1n) is 16.0. The third-order valence-electron chi connectivity index (χ3n) is 9.48. The van der Waals surface area contributed by atoms with E-state index in [1.54, 1.807) is 0 Å². The molecule has 4 nitrogen and oxygen atoms in total. The molecule has 0 atom stereocenters. The summed E-state index contributed by atoms with van der Waals surface area (Å²) in [5.41, 5.74) is 8.17. The van der Waals surface area contributed by atoms with Crippen molar-refractivity contribution in [1.29, 1.82) is 0 Å². The van der Waals surface area contributed by atoms with E-state index in [1.165, 1.54) is 38.1 Å². The molecule has 1 aliphatic heterocycles. The molecule has 8 rings (SSSR count). The third-order valence-corrected chi connectivity index (χ3v) is 12.8. The molecule has 0 aliphatic carbocycles. The van der Waals surface area contributed by atoms with Crippen molar-refractivity contribution < 1.29 is 21.1 Å². The number of hydrogen-bond acceptors (Lipinski definition) is 3. The molecule has 1 aliphatic rings. The van der Waals surface area contributed by atoms with Gasteiger partial charge in [0.25, 0.3) is 0 Å². The molecular formula is C41H36N4PtSi. The molecule has 0 saturated carbocycles. The molecule has 0 bridgehead atoms. The number of hydrogen-bond donors (Lipinski definition) is 0. The van der Waals surface area contributed by atoms with Crippen LogP contribution in [0.15, 0.2) is 128 Å². The molecule has 0 N–H and O–H groups in total. The Morgan fingerprint density at radius 1 is 0.681 bits per heavy atom. The van der Waals surface area contributed by atoms with Gasteiger partial charge in [0.15, 0.2) is 0 Å². The summed E-state index contributed by atoms with van der Waals surface area (Å²) in [5.74, 6) is 0.899. The van der Waals surface area contributed by atoms with E-state index in [-0.39, 0.29) is 21.1 Å². The van der Waals surface area contributed by atoms with E-state index in [0.717, 1.165) is 34.8 Å². The molecule has 0 amide bonds. The predicted octanol–water partition coefficient (Wildman–Crippen LogP) is 8.59. The van der Waals surface area contributed by atoms with E-state index in [0.29, 0.717) is 6.04 Å². The minimum atomic E-state index is -2.21. The molecule has 0 unspecified atom stereocenters. The van der Waals surface area contributed by atoms with E-state index in [9.17, 15) is 0 Å². The summed E-state index contributed by atoms with van der Waals surface area (Å²) in [6.07, 6.45) is 1.91. The zero-order valence-corrected chi connectivity index (χ0v) is 30.3. The van der Waals surface area contributed by atoms with Crippen molar-refractivity contribution in [2.45, 2.75) is 33.0 Å². The normalized spacial score (nSPS) is 13.0. The number of nitrogens with zero attached hydrogens (tertiary/aromatic N) is 4. The van der Waals surface area contributed by atoms with Gasteiger partial charge < -0.3 is 14.4 Å². The molecule has 3 heterocycles. The van der Waals surface area contributed by atoms with Gasteiger partial charge in [-0.05, 0) is 60.7 Å². The monoisotopic (exact) mass is 807 g/mol. The van der Waals surface area contributed by atoms with Crippen molar-refractivity contribution in [3.05, 3.63) is 140 Å². The van der Waals surface area contributed by atoms with Crippen LogP contribution in [0.5, 0.6) is 0 Å². The second-order valence-corrected chi connectivity index (χ2v) is 17.3. The van der Waals surface area contributed by atoms with Crippen LogP contribution in [0.1, 0.15) is 13.8 Å².